The zero-order valence-corrected chi connectivity index (χ0v) is 16.6. The van der Waals surface area contributed by atoms with Crippen LogP contribution in [0.15, 0.2) is 30.4 Å². The Labute approximate surface area is 159 Å². The van der Waals surface area contributed by atoms with E-state index >= 15 is 0 Å². The highest BCUT2D eigenvalue weighted by atomic mass is 19.1. The first-order chi connectivity index (χ1) is 12.5. The van der Waals surface area contributed by atoms with E-state index in [1.807, 2.05) is 26.8 Å². The largest absolute Gasteiger partial charge is 0.449 e. The van der Waals surface area contributed by atoms with E-state index in [4.69, 9.17) is 4.74 Å². The molecule has 0 amide bonds. The Morgan fingerprint density at radius 3 is 2.52 bits per heavy atom. The summed E-state index contributed by atoms with van der Waals surface area (Å²) in [5.74, 6) is -0.854. The average molecular weight is 377 g/mol. The quantitative estimate of drug-likeness (QED) is 0.271. The highest BCUT2D eigenvalue weighted by Gasteiger charge is 2.45. The number of halogens is 1. The van der Waals surface area contributed by atoms with Crippen molar-refractivity contribution in [2.24, 2.45) is 17.3 Å². The van der Waals surface area contributed by atoms with Gasteiger partial charge in [-0.25, -0.2) is 0 Å². The van der Waals surface area contributed by atoms with E-state index in [0.29, 0.717) is 30.7 Å². The van der Waals surface area contributed by atoms with Gasteiger partial charge < -0.3 is 4.74 Å². The zero-order chi connectivity index (χ0) is 20.4. The number of nitro groups is 1. The van der Waals surface area contributed by atoms with Crippen LogP contribution in [0, 0.1) is 33.2 Å². The third-order valence-electron chi connectivity index (χ3n) is 5.55. The Morgan fingerprint density at radius 1 is 1.37 bits per heavy atom. The van der Waals surface area contributed by atoms with Crippen molar-refractivity contribution in [2.45, 2.75) is 59.5 Å². The molecule has 27 heavy (non-hydrogen) atoms. The van der Waals surface area contributed by atoms with Gasteiger partial charge in [0.1, 0.15) is 0 Å². The molecule has 0 aromatic heterocycles. The Hall–Kier alpha value is -2.24. The summed E-state index contributed by atoms with van der Waals surface area (Å²) in [6.45, 7) is 10.00. The van der Waals surface area contributed by atoms with Crippen LogP contribution >= 0.6 is 0 Å². The summed E-state index contributed by atoms with van der Waals surface area (Å²) >= 11 is 0. The highest BCUT2D eigenvalue weighted by Crippen LogP contribution is 2.43. The van der Waals surface area contributed by atoms with Gasteiger partial charge in [0, 0.05) is 11.6 Å². The lowest BCUT2D eigenvalue weighted by atomic mass is 9.73. The summed E-state index contributed by atoms with van der Waals surface area (Å²) in [4.78, 5) is 23.6. The molecule has 2 rings (SSSR count). The van der Waals surface area contributed by atoms with E-state index in [-0.39, 0.29) is 11.9 Å². The van der Waals surface area contributed by atoms with Gasteiger partial charge in [0.15, 0.2) is 5.60 Å². The molecule has 0 radical (unpaired) electrons. The third-order valence-corrected chi connectivity index (χ3v) is 5.55. The third kappa shape index (κ3) is 4.20. The Balaban J connectivity index is 2.43. The summed E-state index contributed by atoms with van der Waals surface area (Å²) < 4.78 is 19.8. The predicted octanol–water partition coefficient (Wildman–Crippen LogP) is 5.53. The number of nitro benzene ring substituents is 1. The predicted molar refractivity (Wildman–Crippen MR) is 102 cm³/mol. The molecule has 0 saturated heterocycles. The highest BCUT2D eigenvalue weighted by molar-refractivity contribution is 5.77. The summed E-state index contributed by atoms with van der Waals surface area (Å²) in [6.07, 6.45) is 5.49. The fourth-order valence-electron chi connectivity index (χ4n) is 3.64. The van der Waals surface area contributed by atoms with Gasteiger partial charge in [-0.2, -0.15) is 4.39 Å². The first-order valence-electron chi connectivity index (χ1n) is 9.37. The van der Waals surface area contributed by atoms with Crippen molar-refractivity contribution in [1.82, 2.24) is 0 Å². The molecule has 1 aliphatic carbocycles. The molecule has 6 heteroatoms. The van der Waals surface area contributed by atoms with Gasteiger partial charge in [0.05, 0.1) is 10.3 Å². The van der Waals surface area contributed by atoms with Gasteiger partial charge in [0.25, 0.3) is 0 Å². The number of carbonyl (C=O) groups excluding carboxylic acids is 1. The van der Waals surface area contributed by atoms with E-state index in [1.165, 1.54) is 12.1 Å². The van der Waals surface area contributed by atoms with Crippen molar-refractivity contribution in [3.8, 4) is 0 Å². The summed E-state index contributed by atoms with van der Waals surface area (Å²) in [6, 6.07) is 3.69. The molecule has 0 N–H and O–H groups in total. The number of nitrogens with zero attached hydrogens (tertiary/aromatic N) is 1. The van der Waals surface area contributed by atoms with Crippen molar-refractivity contribution >= 4 is 11.7 Å². The Bertz CT molecular complexity index is 759. The van der Waals surface area contributed by atoms with Crippen molar-refractivity contribution in [3.63, 3.8) is 0 Å². The first kappa shape index (κ1) is 21.1. The molecule has 0 bridgehead atoms. The number of ether oxygens (including phenoxy) is 1. The maximum Gasteiger partial charge on any atom is 0.313 e. The molecule has 0 spiro atoms. The minimum Gasteiger partial charge on any atom is -0.449 e. The lowest BCUT2D eigenvalue weighted by molar-refractivity contribution is -0.387. The molecule has 1 aromatic carbocycles. The maximum atomic E-state index is 13.8. The number of allylic oxidation sites excluding steroid dienone is 1. The van der Waals surface area contributed by atoms with Crippen molar-refractivity contribution in [2.75, 3.05) is 0 Å². The second kappa shape index (κ2) is 7.79. The normalized spacial score (nSPS) is 21.5. The fourth-order valence-corrected chi connectivity index (χ4v) is 3.64. The summed E-state index contributed by atoms with van der Waals surface area (Å²) in [5, 5.41) is 11.1. The summed E-state index contributed by atoms with van der Waals surface area (Å²) in [5.41, 5.74) is -1.96. The second-order valence-corrected chi connectivity index (χ2v) is 8.31. The molecule has 5 nitrogen and oxygen atoms in total. The molecule has 0 fully saturated rings. The molecule has 2 atom stereocenters. The monoisotopic (exact) mass is 377 g/mol. The summed E-state index contributed by atoms with van der Waals surface area (Å²) in [7, 11) is 0. The van der Waals surface area contributed by atoms with Crippen LogP contribution < -0.4 is 0 Å². The van der Waals surface area contributed by atoms with Crippen LogP contribution in [0.1, 0.15) is 59.4 Å². The average Bonchev–Trinajstić information content (AvgIpc) is 3.03. The lowest BCUT2D eigenvalue weighted by Gasteiger charge is -2.37. The van der Waals surface area contributed by atoms with E-state index in [2.05, 4.69) is 13.8 Å². The Kier molecular flexibility index (Phi) is 6.07. The van der Waals surface area contributed by atoms with Crippen LogP contribution in [-0.2, 0) is 15.1 Å². The van der Waals surface area contributed by atoms with Gasteiger partial charge in [-0.15, -0.1) is 0 Å². The van der Waals surface area contributed by atoms with E-state index in [9.17, 15) is 19.3 Å². The van der Waals surface area contributed by atoms with Gasteiger partial charge in [-0.3, -0.25) is 14.9 Å². The minimum atomic E-state index is -1.09. The number of hydrogen-bond donors (Lipinski definition) is 0. The molecule has 0 aliphatic heterocycles. The number of carbonyl (C=O) groups is 1. The van der Waals surface area contributed by atoms with Crippen LogP contribution in [0.4, 0.5) is 10.1 Å². The number of benzene rings is 1. The molecule has 1 aliphatic rings. The Morgan fingerprint density at radius 2 is 2.04 bits per heavy atom. The molecule has 0 heterocycles. The number of rotatable bonds is 7. The lowest BCUT2D eigenvalue weighted by Crippen LogP contribution is -2.41. The topological polar surface area (TPSA) is 69.4 Å². The second-order valence-electron chi connectivity index (χ2n) is 8.31. The molecular formula is C21H28FNO4. The van der Waals surface area contributed by atoms with E-state index in [1.54, 1.807) is 6.08 Å². The van der Waals surface area contributed by atoms with Crippen LogP contribution in [-0.4, -0.2) is 10.9 Å². The SMILES string of the molecule is CC(C)CC(C)(C(=O)OC1(c2ccc(F)c([N+](=O)[O-])c2)C=CCC1)C(C)C. The van der Waals surface area contributed by atoms with Gasteiger partial charge in [-0.05, 0) is 50.2 Å². The standard InChI is InChI=1S/C21H28FNO4/c1-14(2)13-20(5,15(3)4)19(24)27-21(10-6-7-11-21)16-8-9-17(22)18(12-16)23(25)26/h6,8-10,12,14-15H,7,11,13H2,1-5H3. The van der Waals surface area contributed by atoms with Gasteiger partial charge >= 0.3 is 11.7 Å². The molecule has 2 unspecified atom stereocenters. The van der Waals surface area contributed by atoms with Crippen molar-refractivity contribution in [1.29, 1.82) is 0 Å². The van der Waals surface area contributed by atoms with Gasteiger partial charge in [0.2, 0.25) is 5.82 Å². The first-order valence-corrected chi connectivity index (χ1v) is 9.37. The van der Waals surface area contributed by atoms with Crippen molar-refractivity contribution in [3.05, 3.63) is 51.8 Å². The van der Waals surface area contributed by atoms with E-state index in [0.717, 1.165) is 6.07 Å². The zero-order valence-electron chi connectivity index (χ0n) is 16.6. The fraction of sp³-hybridized carbons (Fsp3) is 0.571. The van der Waals surface area contributed by atoms with Crippen LogP contribution in [0.2, 0.25) is 0 Å². The molecule has 0 saturated carbocycles. The minimum absolute atomic E-state index is 0.0670. The van der Waals surface area contributed by atoms with Crippen LogP contribution in [0.3, 0.4) is 0 Å². The molecule has 1 aromatic rings. The van der Waals surface area contributed by atoms with E-state index < -0.39 is 27.4 Å². The van der Waals surface area contributed by atoms with Gasteiger partial charge in [-0.1, -0.05) is 39.8 Å². The molecular weight excluding hydrogens is 349 g/mol. The maximum absolute atomic E-state index is 13.8. The van der Waals surface area contributed by atoms with Crippen molar-refractivity contribution < 1.29 is 18.8 Å². The number of esters is 1. The van der Waals surface area contributed by atoms with Crippen LogP contribution in [0.5, 0.6) is 0 Å². The number of hydrogen-bond acceptors (Lipinski definition) is 4. The molecule has 148 valence electrons. The van der Waals surface area contributed by atoms with Crippen LogP contribution in [0.25, 0.3) is 0 Å². The smallest absolute Gasteiger partial charge is 0.313 e.